The first kappa shape index (κ1) is 13.6. The summed E-state index contributed by atoms with van der Waals surface area (Å²) in [4.78, 5) is 0. The van der Waals surface area contributed by atoms with Gasteiger partial charge in [0.1, 0.15) is 0 Å². The third kappa shape index (κ3) is 2.73. The molecule has 5 heteroatoms. The summed E-state index contributed by atoms with van der Waals surface area (Å²) in [5.74, 6) is 1.20. The van der Waals surface area contributed by atoms with E-state index in [1.807, 2.05) is 0 Å². The number of piperidine rings is 1. The van der Waals surface area contributed by atoms with Gasteiger partial charge in [0, 0.05) is 32.1 Å². The van der Waals surface area contributed by atoms with Crippen molar-refractivity contribution in [1.29, 1.82) is 0 Å². The Morgan fingerprint density at radius 1 is 1.16 bits per heavy atom. The maximum absolute atomic E-state index is 5.47. The smallest absolute Gasteiger partial charge is 0.0801 e. The van der Waals surface area contributed by atoms with Gasteiger partial charge in [-0.3, -0.25) is 4.68 Å². The summed E-state index contributed by atoms with van der Waals surface area (Å²) in [6, 6.07) is 0. The van der Waals surface area contributed by atoms with Gasteiger partial charge in [0.25, 0.3) is 0 Å². The summed E-state index contributed by atoms with van der Waals surface area (Å²) in [7, 11) is 2.08. The van der Waals surface area contributed by atoms with Crippen LogP contribution in [0.15, 0.2) is 4.47 Å². The number of hydrogen-bond acceptors (Lipinski definition) is 3. The lowest BCUT2D eigenvalue weighted by Crippen LogP contribution is -2.27. The lowest BCUT2D eigenvalue weighted by molar-refractivity contribution is 0.0836. The van der Waals surface area contributed by atoms with Crippen LogP contribution in [0.2, 0.25) is 0 Å². The van der Waals surface area contributed by atoms with Crippen LogP contribution in [-0.2, 0) is 11.8 Å². The van der Waals surface area contributed by atoms with E-state index in [0.29, 0.717) is 11.8 Å². The number of halogens is 1. The molecule has 0 saturated carbocycles. The number of nitrogens with one attached hydrogen (secondary N) is 1. The monoisotopic (exact) mass is 327 g/mol. The molecule has 19 heavy (non-hydrogen) atoms. The fourth-order valence-electron chi connectivity index (χ4n) is 3.30. The van der Waals surface area contributed by atoms with E-state index in [2.05, 4.69) is 33.0 Å². The number of aromatic nitrogens is 2. The van der Waals surface area contributed by atoms with Gasteiger partial charge in [-0.1, -0.05) is 0 Å². The number of nitrogens with zero attached hydrogens (tertiary/aromatic N) is 2. The molecule has 0 radical (unpaired) electrons. The molecule has 2 aliphatic rings. The van der Waals surface area contributed by atoms with Crippen molar-refractivity contribution in [2.75, 3.05) is 26.3 Å². The van der Waals surface area contributed by atoms with E-state index in [1.54, 1.807) is 0 Å². The number of aryl methyl sites for hydroxylation is 1. The molecule has 0 spiro atoms. The molecule has 0 aromatic carbocycles. The van der Waals surface area contributed by atoms with Crippen LogP contribution >= 0.6 is 15.9 Å². The van der Waals surface area contributed by atoms with Gasteiger partial charge in [-0.2, -0.15) is 5.10 Å². The summed E-state index contributed by atoms with van der Waals surface area (Å²) in [6.07, 6.45) is 4.62. The molecule has 0 amide bonds. The fraction of sp³-hybridized carbons (Fsp3) is 0.786. The summed E-state index contributed by atoms with van der Waals surface area (Å²) in [6.45, 7) is 3.98. The molecule has 0 bridgehead atoms. The van der Waals surface area contributed by atoms with E-state index < -0.39 is 0 Å². The highest BCUT2D eigenvalue weighted by atomic mass is 79.9. The van der Waals surface area contributed by atoms with E-state index >= 15 is 0 Å². The number of ether oxygens (including phenoxy) is 1. The second-order valence-electron chi connectivity index (χ2n) is 5.62. The van der Waals surface area contributed by atoms with E-state index in [0.717, 1.165) is 39.1 Å². The van der Waals surface area contributed by atoms with Crippen LogP contribution in [0.3, 0.4) is 0 Å². The van der Waals surface area contributed by atoms with Crippen molar-refractivity contribution in [1.82, 2.24) is 15.1 Å². The maximum Gasteiger partial charge on any atom is 0.0801 e. The lowest BCUT2D eigenvalue weighted by atomic mass is 9.92. The van der Waals surface area contributed by atoms with Gasteiger partial charge < -0.3 is 10.1 Å². The van der Waals surface area contributed by atoms with Crippen molar-refractivity contribution < 1.29 is 4.74 Å². The topological polar surface area (TPSA) is 39.1 Å². The largest absolute Gasteiger partial charge is 0.381 e. The Bertz CT molecular complexity index is 434. The molecule has 2 saturated heterocycles. The average molecular weight is 328 g/mol. The van der Waals surface area contributed by atoms with Gasteiger partial charge in [-0.15, -0.1) is 0 Å². The zero-order valence-corrected chi connectivity index (χ0v) is 13.1. The average Bonchev–Trinajstić information content (AvgIpc) is 2.76. The first-order valence-electron chi connectivity index (χ1n) is 7.28. The SMILES string of the molecule is Cn1nc(C2CCNCC2)c(Br)c1C1CCOCC1. The molecule has 3 rings (SSSR count). The van der Waals surface area contributed by atoms with E-state index in [9.17, 15) is 0 Å². The molecule has 0 unspecified atom stereocenters. The minimum atomic E-state index is 0.594. The Hall–Kier alpha value is -0.390. The molecule has 1 aromatic heterocycles. The van der Waals surface area contributed by atoms with Gasteiger partial charge in [-0.05, 0) is 54.7 Å². The molecular weight excluding hydrogens is 306 g/mol. The van der Waals surface area contributed by atoms with Gasteiger partial charge in [-0.25, -0.2) is 0 Å². The third-order valence-corrected chi connectivity index (χ3v) is 5.20. The van der Waals surface area contributed by atoms with Crippen LogP contribution in [0.5, 0.6) is 0 Å². The molecule has 0 atom stereocenters. The van der Waals surface area contributed by atoms with Crippen molar-refractivity contribution >= 4 is 15.9 Å². The second-order valence-corrected chi connectivity index (χ2v) is 6.41. The highest BCUT2D eigenvalue weighted by molar-refractivity contribution is 9.10. The lowest BCUT2D eigenvalue weighted by Gasteiger charge is -2.23. The van der Waals surface area contributed by atoms with Gasteiger partial charge in [0.05, 0.1) is 15.9 Å². The van der Waals surface area contributed by atoms with E-state index in [4.69, 9.17) is 9.84 Å². The predicted octanol–water partition coefficient (Wildman–Crippen LogP) is 2.54. The summed E-state index contributed by atoms with van der Waals surface area (Å²) < 4.78 is 8.82. The van der Waals surface area contributed by atoms with Crippen LogP contribution in [0, 0.1) is 0 Å². The first-order valence-corrected chi connectivity index (χ1v) is 8.07. The van der Waals surface area contributed by atoms with Crippen molar-refractivity contribution in [2.24, 2.45) is 7.05 Å². The quantitative estimate of drug-likeness (QED) is 0.907. The van der Waals surface area contributed by atoms with Crippen LogP contribution < -0.4 is 5.32 Å². The fourth-order valence-corrected chi connectivity index (χ4v) is 4.29. The minimum absolute atomic E-state index is 0.594. The van der Waals surface area contributed by atoms with Gasteiger partial charge in [0.2, 0.25) is 0 Å². The van der Waals surface area contributed by atoms with Crippen LogP contribution in [0.25, 0.3) is 0 Å². The summed E-state index contributed by atoms with van der Waals surface area (Å²) >= 11 is 3.83. The third-order valence-electron chi connectivity index (χ3n) is 4.39. The molecule has 3 heterocycles. The Labute approximate surface area is 123 Å². The van der Waals surface area contributed by atoms with E-state index in [-0.39, 0.29) is 0 Å². The van der Waals surface area contributed by atoms with Crippen molar-refractivity contribution in [3.63, 3.8) is 0 Å². The molecular formula is C14H22BrN3O. The van der Waals surface area contributed by atoms with E-state index in [1.165, 1.54) is 28.7 Å². The molecule has 0 aliphatic carbocycles. The molecule has 1 aromatic rings. The molecule has 106 valence electrons. The Morgan fingerprint density at radius 2 is 1.84 bits per heavy atom. The Morgan fingerprint density at radius 3 is 2.53 bits per heavy atom. The zero-order valence-electron chi connectivity index (χ0n) is 11.5. The molecule has 4 nitrogen and oxygen atoms in total. The maximum atomic E-state index is 5.47. The van der Waals surface area contributed by atoms with Crippen LogP contribution in [0.4, 0.5) is 0 Å². The van der Waals surface area contributed by atoms with Gasteiger partial charge in [0.15, 0.2) is 0 Å². The highest BCUT2D eigenvalue weighted by Gasteiger charge is 2.28. The number of rotatable bonds is 2. The highest BCUT2D eigenvalue weighted by Crippen LogP contribution is 2.38. The van der Waals surface area contributed by atoms with Crippen molar-refractivity contribution in [2.45, 2.75) is 37.5 Å². The molecule has 2 fully saturated rings. The minimum Gasteiger partial charge on any atom is -0.381 e. The number of hydrogen-bond donors (Lipinski definition) is 1. The summed E-state index contributed by atoms with van der Waals surface area (Å²) in [5, 5.41) is 8.23. The van der Waals surface area contributed by atoms with Crippen LogP contribution in [0.1, 0.15) is 48.9 Å². The molecule has 2 aliphatic heterocycles. The predicted molar refractivity (Wildman–Crippen MR) is 78.5 cm³/mol. The Kier molecular flexibility index (Phi) is 4.24. The standard InChI is InChI=1S/C14H22BrN3O/c1-18-14(11-4-8-19-9-5-11)12(15)13(17-18)10-2-6-16-7-3-10/h10-11,16H,2-9H2,1H3. The van der Waals surface area contributed by atoms with Crippen molar-refractivity contribution in [3.05, 3.63) is 15.9 Å². The summed E-state index contributed by atoms with van der Waals surface area (Å²) in [5.41, 5.74) is 2.64. The Balaban J connectivity index is 1.86. The first-order chi connectivity index (χ1) is 9.27. The molecule has 1 N–H and O–H groups in total. The zero-order chi connectivity index (χ0) is 13.2. The van der Waals surface area contributed by atoms with Gasteiger partial charge >= 0.3 is 0 Å². The van der Waals surface area contributed by atoms with Crippen molar-refractivity contribution in [3.8, 4) is 0 Å². The van der Waals surface area contributed by atoms with Crippen LogP contribution in [-0.4, -0.2) is 36.1 Å². The second kappa shape index (κ2) is 5.94. The normalized spacial score (nSPS) is 22.8.